The van der Waals surface area contributed by atoms with Crippen LogP contribution in [0.25, 0.3) is 33.1 Å². The van der Waals surface area contributed by atoms with E-state index in [1.807, 2.05) is 27.7 Å². The van der Waals surface area contributed by atoms with Gasteiger partial charge >= 0.3 is 0 Å². The lowest BCUT2D eigenvalue weighted by molar-refractivity contribution is 0.103. The number of fused-ring (bicyclic) bond motifs is 2. The number of rotatable bonds is 4. The van der Waals surface area contributed by atoms with Crippen LogP contribution in [0.5, 0.6) is 11.5 Å². The maximum absolute atomic E-state index is 13.3. The Bertz CT molecular complexity index is 1290. The van der Waals surface area contributed by atoms with Crippen LogP contribution < -0.4 is 0 Å². The molecule has 0 spiro atoms. The van der Waals surface area contributed by atoms with Gasteiger partial charge in [-0.3, -0.25) is 4.79 Å². The Labute approximate surface area is 173 Å². The van der Waals surface area contributed by atoms with Crippen LogP contribution in [0.15, 0.2) is 46.3 Å². The van der Waals surface area contributed by atoms with E-state index >= 15 is 0 Å². The average Bonchev–Trinajstić information content (AvgIpc) is 3.17. The number of carbonyl (C=O) groups excluding carboxylic acids is 1. The maximum atomic E-state index is 13.3. The lowest BCUT2D eigenvalue weighted by atomic mass is 9.97. The Hall–Kier alpha value is -3.73. The van der Waals surface area contributed by atoms with Gasteiger partial charge in [0.2, 0.25) is 5.78 Å². The van der Waals surface area contributed by atoms with Gasteiger partial charge in [0, 0.05) is 34.0 Å². The van der Waals surface area contributed by atoms with Crippen molar-refractivity contribution < 1.29 is 23.8 Å². The number of furan rings is 2. The van der Waals surface area contributed by atoms with E-state index in [1.54, 1.807) is 12.1 Å². The molecule has 0 fully saturated rings. The average molecular weight is 402 g/mol. The first kappa shape index (κ1) is 19.6. The molecule has 5 heteroatoms. The summed E-state index contributed by atoms with van der Waals surface area (Å²) in [5, 5.41) is 22.4. The highest BCUT2D eigenvalue weighted by Crippen LogP contribution is 2.38. The van der Waals surface area contributed by atoms with E-state index < -0.39 is 5.78 Å². The van der Waals surface area contributed by atoms with Gasteiger partial charge < -0.3 is 19.0 Å². The Morgan fingerprint density at radius 2 is 1.13 bits per heavy atom. The number of aromatic hydroxyl groups is 2. The summed E-state index contributed by atoms with van der Waals surface area (Å²) in [4.78, 5) is 13.3. The topological polar surface area (TPSA) is 83.8 Å². The number of phenolic OH excluding ortho intramolecular Hbond substituents is 2. The molecule has 0 aliphatic rings. The first-order valence-electron chi connectivity index (χ1n) is 9.48. The van der Waals surface area contributed by atoms with Crippen molar-refractivity contribution in [3.05, 3.63) is 71.2 Å². The molecule has 5 nitrogen and oxygen atoms in total. The minimum absolute atomic E-state index is 0.0792. The number of aryl methyl sites for hydroxylation is 2. The zero-order chi connectivity index (χ0) is 21.9. The number of carbonyl (C=O) groups is 1. The molecule has 2 aromatic heterocycles. The third-order valence-corrected chi connectivity index (χ3v) is 5.37. The fourth-order valence-corrected chi connectivity index (χ4v) is 3.83. The lowest BCUT2D eigenvalue weighted by Gasteiger charge is -2.07. The number of hydrogen-bond acceptors (Lipinski definition) is 5. The predicted octanol–water partition coefficient (Wildman–Crippen LogP) is 6.50. The smallest absolute Gasteiger partial charge is 0.200 e. The van der Waals surface area contributed by atoms with E-state index in [9.17, 15) is 15.0 Å². The molecular weight excluding hydrogens is 380 g/mol. The van der Waals surface area contributed by atoms with E-state index in [1.165, 1.54) is 12.1 Å². The maximum Gasteiger partial charge on any atom is 0.200 e. The van der Waals surface area contributed by atoms with Crippen LogP contribution in [-0.2, 0) is 0 Å². The second kappa shape index (κ2) is 6.66. The van der Waals surface area contributed by atoms with Crippen molar-refractivity contribution in [3.63, 3.8) is 0 Å². The van der Waals surface area contributed by atoms with Crippen LogP contribution in [0.4, 0.5) is 0 Å². The molecule has 0 saturated carbocycles. The third kappa shape index (κ3) is 2.82. The molecule has 0 bridgehead atoms. The van der Waals surface area contributed by atoms with Crippen molar-refractivity contribution in [1.29, 1.82) is 0 Å². The van der Waals surface area contributed by atoms with E-state index in [0.717, 1.165) is 22.3 Å². The van der Waals surface area contributed by atoms with Crippen LogP contribution >= 0.6 is 0 Å². The number of ketones is 1. The van der Waals surface area contributed by atoms with Crippen molar-refractivity contribution in [2.24, 2.45) is 0 Å². The molecule has 4 rings (SSSR count). The first-order valence-corrected chi connectivity index (χ1v) is 9.48. The molecule has 2 heterocycles. The van der Waals surface area contributed by atoms with Crippen LogP contribution in [0, 0.1) is 13.8 Å². The predicted molar refractivity (Wildman–Crippen MR) is 118 cm³/mol. The molecule has 30 heavy (non-hydrogen) atoms. The Kier molecular flexibility index (Phi) is 4.35. The largest absolute Gasteiger partial charge is 0.507 e. The molecule has 0 saturated heterocycles. The van der Waals surface area contributed by atoms with Gasteiger partial charge in [-0.05, 0) is 51.0 Å². The molecule has 0 unspecified atom stereocenters. The highest BCUT2D eigenvalue weighted by atomic mass is 16.3. The zero-order valence-electron chi connectivity index (χ0n) is 17.3. The first-order chi connectivity index (χ1) is 14.1. The minimum Gasteiger partial charge on any atom is -0.507 e. The lowest BCUT2D eigenvalue weighted by Crippen LogP contribution is -2.02. The highest BCUT2D eigenvalue weighted by molar-refractivity contribution is 6.15. The summed E-state index contributed by atoms with van der Waals surface area (Å²) in [6.45, 7) is 15.2. The summed E-state index contributed by atoms with van der Waals surface area (Å²) in [6, 6.07) is 6.01. The van der Waals surface area contributed by atoms with Gasteiger partial charge in [-0.15, -0.1) is 0 Å². The molecule has 0 radical (unpaired) electrons. The van der Waals surface area contributed by atoms with Crippen molar-refractivity contribution in [1.82, 2.24) is 0 Å². The van der Waals surface area contributed by atoms with Gasteiger partial charge in [0.1, 0.15) is 34.2 Å². The van der Waals surface area contributed by atoms with E-state index in [2.05, 4.69) is 13.2 Å². The van der Waals surface area contributed by atoms with Gasteiger partial charge in [-0.25, -0.2) is 0 Å². The number of allylic oxidation sites excluding steroid dienone is 2. The molecule has 0 atom stereocenters. The van der Waals surface area contributed by atoms with Crippen LogP contribution in [0.1, 0.15) is 52.4 Å². The van der Waals surface area contributed by atoms with Crippen molar-refractivity contribution in [3.8, 4) is 11.5 Å². The van der Waals surface area contributed by atoms with Gasteiger partial charge in [0.05, 0.1) is 11.1 Å². The van der Waals surface area contributed by atoms with E-state index in [0.29, 0.717) is 33.5 Å². The van der Waals surface area contributed by atoms with E-state index in [4.69, 9.17) is 8.83 Å². The molecule has 2 aromatic carbocycles. The van der Waals surface area contributed by atoms with Crippen LogP contribution in [0.3, 0.4) is 0 Å². The molecule has 0 aliphatic carbocycles. The fraction of sp³-hybridized carbons (Fsp3) is 0.160. The molecule has 152 valence electrons. The number of hydrogen-bond donors (Lipinski definition) is 2. The van der Waals surface area contributed by atoms with Crippen molar-refractivity contribution in [2.45, 2.75) is 27.7 Å². The van der Waals surface area contributed by atoms with Gasteiger partial charge in [0.15, 0.2) is 0 Å². The Balaban J connectivity index is 1.90. The summed E-state index contributed by atoms with van der Waals surface area (Å²) in [7, 11) is 0. The van der Waals surface area contributed by atoms with Crippen LogP contribution in [-0.4, -0.2) is 16.0 Å². The second-order valence-electron chi connectivity index (χ2n) is 7.73. The summed E-state index contributed by atoms with van der Waals surface area (Å²) in [6.07, 6.45) is 0. The SMILES string of the molecule is C=C(C)c1oc2cc(O)c(C(=O)c3cc4c(C)c(C(=C)C)oc4cc3O)cc2c1C. The fourth-order valence-electron chi connectivity index (χ4n) is 3.83. The van der Waals surface area contributed by atoms with E-state index in [-0.39, 0.29) is 22.6 Å². The Morgan fingerprint density at radius 3 is 1.47 bits per heavy atom. The highest BCUT2D eigenvalue weighted by Gasteiger charge is 2.23. The van der Waals surface area contributed by atoms with Crippen LogP contribution in [0.2, 0.25) is 0 Å². The molecular formula is C25H22O5. The monoisotopic (exact) mass is 402 g/mol. The van der Waals surface area contributed by atoms with Gasteiger partial charge in [-0.2, -0.15) is 0 Å². The van der Waals surface area contributed by atoms with Crippen molar-refractivity contribution >= 4 is 38.9 Å². The minimum atomic E-state index is -0.497. The third-order valence-electron chi connectivity index (χ3n) is 5.37. The number of phenols is 2. The molecule has 0 aliphatic heterocycles. The normalized spacial score (nSPS) is 11.3. The summed E-state index contributed by atoms with van der Waals surface area (Å²) in [5.74, 6) is 0.309. The summed E-state index contributed by atoms with van der Waals surface area (Å²) < 4.78 is 11.5. The standard InChI is InChI=1S/C25H22O5/c1-11(2)24-13(5)15-7-17(19(26)9-21(15)29-24)23(28)18-8-16-14(6)25(12(3)4)30-22(16)10-20(18)27/h7-10,26-27H,1,3H2,2,4-6H3. The quantitative estimate of drug-likeness (QED) is 0.380. The van der Waals surface area contributed by atoms with Crippen molar-refractivity contribution in [2.75, 3.05) is 0 Å². The molecule has 0 amide bonds. The molecule has 4 aromatic rings. The van der Waals surface area contributed by atoms with Gasteiger partial charge in [-0.1, -0.05) is 13.2 Å². The number of benzene rings is 2. The summed E-state index contributed by atoms with van der Waals surface area (Å²) >= 11 is 0. The second-order valence-corrected chi connectivity index (χ2v) is 7.73. The van der Waals surface area contributed by atoms with Gasteiger partial charge in [0.25, 0.3) is 0 Å². The summed E-state index contributed by atoms with van der Waals surface area (Å²) in [5.41, 5.74) is 4.27. The Morgan fingerprint density at radius 1 is 0.767 bits per heavy atom. The molecule has 2 N–H and O–H groups in total. The zero-order valence-corrected chi connectivity index (χ0v) is 17.3.